The van der Waals surface area contributed by atoms with Crippen LogP contribution in [0.3, 0.4) is 0 Å². The minimum Gasteiger partial charge on any atom is -0.347 e. The van der Waals surface area contributed by atoms with Crippen LogP contribution in [0, 0.1) is 0 Å². The third-order valence-electron chi connectivity index (χ3n) is 2.84. The van der Waals surface area contributed by atoms with E-state index in [4.69, 9.17) is 11.5 Å². The van der Waals surface area contributed by atoms with E-state index < -0.39 is 0 Å². The first kappa shape index (κ1) is 17.1. The molecule has 5 nitrogen and oxygen atoms in total. The zero-order valence-corrected chi connectivity index (χ0v) is 11.2. The summed E-state index contributed by atoms with van der Waals surface area (Å²) in [5.74, 6) is -0.0346. The van der Waals surface area contributed by atoms with E-state index in [1.807, 2.05) is 0 Å². The number of nitrogens with one attached hydrogen (secondary N) is 1. The Morgan fingerprint density at radius 3 is 2.22 bits per heavy atom. The van der Waals surface area contributed by atoms with Gasteiger partial charge in [0, 0.05) is 6.42 Å². The van der Waals surface area contributed by atoms with Gasteiger partial charge in [-0.2, -0.15) is 0 Å². The molecule has 0 heterocycles. The Labute approximate surface area is 110 Å². The molecule has 0 saturated carbocycles. The maximum atomic E-state index is 11.6. The molecular formula is C13H27N3O2. The van der Waals surface area contributed by atoms with E-state index >= 15 is 0 Å². The Hall–Kier alpha value is -0.940. The van der Waals surface area contributed by atoms with Gasteiger partial charge in [0.25, 0.3) is 0 Å². The van der Waals surface area contributed by atoms with Gasteiger partial charge in [-0.3, -0.25) is 4.79 Å². The quantitative estimate of drug-likeness (QED) is 0.354. The highest BCUT2D eigenvalue weighted by Crippen LogP contribution is 2.03. The highest BCUT2D eigenvalue weighted by Gasteiger charge is 2.10. The first-order valence-corrected chi connectivity index (χ1v) is 6.89. The van der Waals surface area contributed by atoms with E-state index in [-0.39, 0.29) is 11.9 Å². The van der Waals surface area contributed by atoms with Gasteiger partial charge in [0.2, 0.25) is 5.91 Å². The number of hydrogen-bond donors (Lipinski definition) is 3. The summed E-state index contributed by atoms with van der Waals surface area (Å²) in [5.41, 5.74) is 10.8. The van der Waals surface area contributed by atoms with Crippen molar-refractivity contribution in [3.8, 4) is 0 Å². The zero-order chi connectivity index (χ0) is 13.6. The summed E-state index contributed by atoms with van der Waals surface area (Å²) in [4.78, 5) is 22.3. The normalized spacial score (nSPS) is 12.1. The molecule has 18 heavy (non-hydrogen) atoms. The molecule has 0 aliphatic rings. The minimum absolute atomic E-state index is 0.0346. The Morgan fingerprint density at radius 1 is 1.00 bits per heavy atom. The summed E-state index contributed by atoms with van der Waals surface area (Å²) in [6.45, 7) is 1.33. The molecule has 0 aromatic rings. The summed E-state index contributed by atoms with van der Waals surface area (Å²) < 4.78 is 0. The molecule has 5 N–H and O–H groups in total. The molecule has 0 saturated heterocycles. The Kier molecular flexibility index (Phi) is 11.9. The smallest absolute Gasteiger partial charge is 0.220 e. The van der Waals surface area contributed by atoms with Crippen LogP contribution < -0.4 is 16.8 Å². The molecule has 1 amide bonds. The van der Waals surface area contributed by atoms with Crippen molar-refractivity contribution in [3.63, 3.8) is 0 Å². The van der Waals surface area contributed by atoms with Crippen LogP contribution in [0.15, 0.2) is 0 Å². The third kappa shape index (κ3) is 10.2. The monoisotopic (exact) mass is 257 g/mol. The van der Waals surface area contributed by atoms with Gasteiger partial charge < -0.3 is 21.6 Å². The lowest BCUT2D eigenvalue weighted by Crippen LogP contribution is -2.35. The van der Waals surface area contributed by atoms with Gasteiger partial charge in [-0.25, -0.2) is 0 Å². The average Bonchev–Trinajstić information content (AvgIpc) is 2.37. The maximum Gasteiger partial charge on any atom is 0.220 e. The largest absolute Gasteiger partial charge is 0.347 e. The van der Waals surface area contributed by atoms with E-state index in [0.29, 0.717) is 25.9 Å². The lowest BCUT2D eigenvalue weighted by molar-refractivity contribution is -0.124. The van der Waals surface area contributed by atoms with E-state index in [1.165, 1.54) is 0 Å². The number of rotatable bonds is 12. The minimum atomic E-state index is -0.354. The fourth-order valence-corrected chi connectivity index (χ4v) is 1.75. The van der Waals surface area contributed by atoms with Gasteiger partial charge in [0.15, 0.2) is 0 Å². The van der Waals surface area contributed by atoms with Crippen molar-refractivity contribution < 1.29 is 9.59 Å². The van der Waals surface area contributed by atoms with Crippen molar-refractivity contribution in [1.29, 1.82) is 0 Å². The van der Waals surface area contributed by atoms with Gasteiger partial charge in [-0.15, -0.1) is 0 Å². The number of carbonyl (C=O) groups is 2. The number of hydrogen-bond acceptors (Lipinski definition) is 4. The number of carbonyl (C=O) groups excluding carboxylic acids is 2. The number of nitrogens with two attached hydrogens (primary N) is 2. The predicted octanol–water partition coefficient (Wildman–Crippen LogP) is 0.708. The van der Waals surface area contributed by atoms with Gasteiger partial charge in [0.1, 0.15) is 6.29 Å². The van der Waals surface area contributed by atoms with Gasteiger partial charge >= 0.3 is 0 Å². The van der Waals surface area contributed by atoms with E-state index in [2.05, 4.69) is 5.32 Å². The van der Waals surface area contributed by atoms with E-state index in [0.717, 1.165) is 44.8 Å². The summed E-state index contributed by atoms with van der Waals surface area (Å²) in [6.07, 6.45) is 7.70. The highest BCUT2D eigenvalue weighted by molar-refractivity contribution is 5.79. The molecule has 0 unspecified atom stereocenters. The predicted molar refractivity (Wildman–Crippen MR) is 73.0 cm³/mol. The molecule has 0 spiro atoms. The Morgan fingerprint density at radius 2 is 1.61 bits per heavy atom. The number of aldehydes is 1. The number of amides is 1. The van der Waals surface area contributed by atoms with Crippen LogP contribution in [0.5, 0.6) is 0 Å². The first-order chi connectivity index (χ1) is 8.74. The van der Waals surface area contributed by atoms with Crippen LogP contribution in [0.1, 0.15) is 51.4 Å². The zero-order valence-electron chi connectivity index (χ0n) is 11.2. The standard InChI is InChI=1S/C13H27N3O2/c14-9-5-2-1-3-8-13(18)16-12(11-17)7-4-6-10-15/h11-12H,1-10,14-15H2,(H,16,18)/t12-/m0/s1. The average molecular weight is 257 g/mol. The summed E-state index contributed by atoms with van der Waals surface area (Å²) in [6, 6.07) is -0.354. The Balaban J connectivity index is 3.59. The van der Waals surface area contributed by atoms with Crippen LogP contribution in [-0.4, -0.2) is 31.3 Å². The lowest BCUT2D eigenvalue weighted by Gasteiger charge is -2.12. The van der Waals surface area contributed by atoms with Gasteiger partial charge in [-0.1, -0.05) is 12.8 Å². The van der Waals surface area contributed by atoms with Gasteiger partial charge in [0.05, 0.1) is 6.04 Å². The van der Waals surface area contributed by atoms with Crippen molar-refractivity contribution in [1.82, 2.24) is 5.32 Å². The molecule has 1 atom stereocenters. The fourth-order valence-electron chi connectivity index (χ4n) is 1.75. The molecule has 106 valence electrons. The second-order valence-electron chi connectivity index (χ2n) is 4.55. The summed E-state index contributed by atoms with van der Waals surface area (Å²) >= 11 is 0. The molecule has 0 aliphatic carbocycles. The van der Waals surface area contributed by atoms with Crippen LogP contribution in [-0.2, 0) is 9.59 Å². The van der Waals surface area contributed by atoms with Crippen LogP contribution in [0.4, 0.5) is 0 Å². The third-order valence-corrected chi connectivity index (χ3v) is 2.84. The SMILES string of the molecule is NCCCCCCC(=O)N[C@H](C=O)CCCCN. The van der Waals surface area contributed by atoms with Gasteiger partial charge in [-0.05, 0) is 45.2 Å². The highest BCUT2D eigenvalue weighted by atomic mass is 16.2. The van der Waals surface area contributed by atoms with Crippen LogP contribution >= 0.6 is 0 Å². The van der Waals surface area contributed by atoms with Crippen LogP contribution in [0.25, 0.3) is 0 Å². The fraction of sp³-hybridized carbons (Fsp3) is 0.846. The summed E-state index contributed by atoms with van der Waals surface area (Å²) in [5, 5.41) is 2.74. The molecule has 0 rings (SSSR count). The van der Waals surface area contributed by atoms with Crippen LogP contribution in [0.2, 0.25) is 0 Å². The van der Waals surface area contributed by atoms with Crippen molar-refractivity contribution >= 4 is 12.2 Å². The second kappa shape index (κ2) is 12.5. The molecule has 0 aromatic heterocycles. The molecule has 0 aromatic carbocycles. The number of unbranched alkanes of at least 4 members (excludes halogenated alkanes) is 4. The molecular weight excluding hydrogens is 230 g/mol. The van der Waals surface area contributed by atoms with E-state index in [1.54, 1.807) is 0 Å². The Bertz CT molecular complexity index is 222. The van der Waals surface area contributed by atoms with Crippen molar-refractivity contribution in [2.75, 3.05) is 13.1 Å². The van der Waals surface area contributed by atoms with Crippen molar-refractivity contribution in [3.05, 3.63) is 0 Å². The van der Waals surface area contributed by atoms with E-state index in [9.17, 15) is 9.59 Å². The summed E-state index contributed by atoms with van der Waals surface area (Å²) in [7, 11) is 0. The maximum absolute atomic E-state index is 11.6. The van der Waals surface area contributed by atoms with Crippen molar-refractivity contribution in [2.45, 2.75) is 57.4 Å². The molecule has 5 heteroatoms. The topological polar surface area (TPSA) is 98.2 Å². The lowest BCUT2D eigenvalue weighted by atomic mass is 10.1. The second-order valence-corrected chi connectivity index (χ2v) is 4.55. The molecule has 0 radical (unpaired) electrons. The van der Waals surface area contributed by atoms with Crippen molar-refractivity contribution in [2.24, 2.45) is 11.5 Å². The first-order valence-electron chi connectivity index (χ1n) is 6.89. The molecule has 0 bridgehead atoms. The molecule has 0 aliphatic heterocycles. The molecule has 0 fully saturated rings.